The van der Waals surface area contributed by atoms with Crippen molar-refractivity contribution in [3.8, 4) is 23.0 Å². The van der Waals surface area contributed by atoms with Crippen LogP contribution in [0, 0.1) is 0 Å². The monoisotopic (exact) mass is 1390 g/mol. The van der Waals surface area contributed by atoms with E-state index in [2.05, 4.69) is 21.3 Å². The maximum absolute atomic E-state index is 13.6. The highest BCUT2D eigenvalue weighted by Gasteiger charge is 2.42. The maximum atomic E-state index is 13.6. The largest absolute Gasteiger partial charge is 0.485 e. The number of nitrogens with zero attached hydrogens (tertiary/aromatic N) is 2. The minimum absolute atomic E-state index is 0.0427. The Labute approximate surface area is 596 Å². The molecule has 536 valence electrons. The van der Waals surface area contributed by atoms with Crippen LogP contribution in [0.3, 0.4) is 0 Å². The molecule has 0 atom stereocenters. The summed E-state index contributed by atoms with van der Waals surface area (Å²) in [4.78, 5) is 97.7. The number of carbonyl (C=O) groups excluding carboxylic acids is 7. The molecule has 8 aromatic carbocycles. The lowest BCUT2D eigenvalue weighted by Crippen LogP contribution is -2.48. The third kappa shape index (κ3) is 27.2. The molecule has 0 saturated carbocycles. The first kappa shape index (κ1) is 76.6. The molecular formula is C81H92N6O15. The Bertz CT molecular complexity index is 3640. The molecule has 0 bridgehead atoms. The Kier molecular flexibility index (Phi) is 31.6. The first-order valence-corrected chi connectivity index (χ1v) is 34.6. The van der Waals surface area contributed by atoms with Gasteiger partial charge in [0.1, 0.15) is 39.6 Å². The molecule has 8 aromatic rings. The van der Waals surface area contributed by atoms with E-state index in [1.54, 1.807) is 50.2 Å². The van der Waals surface area contributed by atoms with Crippen LogP contribution in [-0.4, -0.2) is 121 Å². The predicted octanol–water partition coefficient (Wildman–Crippen LogP) is 12.5. The Morgan fingerprint density at radius 1 is 0.363 bits per heavy atom. The molecular weight excluding hydrogens is 1300 g/mol. The van der Waals surface area contributed by atoms with E-state index in [4.69, 9.17) is 33.2 Å². The molecule has 6 amide bonds. The van der Waals surface area contributed by atoms with Crippen molar-refractivity contribution >= 4 is 41.8 Å². The highest BCUT2D eigenvalue weighted by atomic mass is 16.6. The molecule has 5 N–H and O–H groups in total. The van der Waals surface area contributed by atoms with E-state index in [1.165, 1.54) is 9.80 Å². The number of unbranched alkanes of at least 4 members (excludes halogenated alkanes) is 2. The van der Waals surface area contributed by atoms with Crippen LogP contribution in [-0.2, 0) is 68.2 Å². The predicted molar refractivity (Wildman–Crippen MR) is 386 cm³/mol. The zero-order valence-electron chi connectivity index (χ0n) is 58.0. The minimum Gasteiger partial charge on any atom is -0.485 e. The lowest BCUT2D eigenvalue weighted by molar-refractivity contribution is -0.174. The second kappa shape index (κ2) is 42.0. The molecule has 0 aromatic heterocycles. The van der Waals surface area contributed by atoms with E-state index in [-0.39, 0.29) is 90.6 Å². The standard InChI is InChI=1S/C81H92N6O15/c1-61(2)102-78(92)81(95,53-74(88)82-43-21-23-47-86(79(93)100-59-66-35-17-7-18-36-66)49-25-45-84-76(90)68-39-41-70(96-55-62-27-9-3-10-28-62)72(51-68)98-57-64-31-13-5-14-32-64)54-75(89)83-44-22-24-48-87(80(94)101-60-67-37-19-8-20-38-67)50-26-46-85-77(91)69-40-42-71(97-56-63-29-11-4-12-30-63)73(52-69)99-58-65-33-15-6-16-34-65/h3-20,27-42,51-52,61,95H,21-26,43-50,53-60H2,1-2H3,(H,82,88)(H,83,89)(H,84,90)(H,85,91). The SMILES string of the molecule is CC(C)OC(=O)C(O)(CC(=O)NCCCCN(CCCNC(=O)c1ccc(OCc2ccccc2)c(OCc2ccccc2)c1)C(=O)OCc1ccccc1)CC(=O)NCCCCN(CCCNC(=O)c1ccc(OCc2ccccc2)c(OCc2ccccc2)c1)C(=O)OCc1ccccc1. The summed E-state index contributed by atoms with van der Waals surface area (Å²) in [5.41, 5.74) is 3.65. The van der Waals surface area contributed by atoms with Gasteiger partial charge in [-0.2, -0.15) is 0 Å². The maximum Gasteiger partial charge on any atom is 0.410 e. The molecule has 0 spiro atoms. The number of carbonyl (C=O) groups is 7. The lowest BCUT2D eigenvalue weighted by atomic mass is 9.94. The average Bonchev–Trinajstić information content (AvgIpc) is 0.851. The smallest absolute Gasteiger partial charge is 0.410 e. The van der Waals surface area contributed by atoms with Gasteiger partial charge in [0.15, 0.2) is 28.6 Å². The normalized spacial score (nSPS) is 10.9. The van der Waals surface area contributed by atoms with Gasteiger partial charge in [0.2, 0.25) is 11.8 Å². The van der Waals surface area contributed by atoms with Gasteiger partial charge >= 0.3 is 18.2 Å². The van der Waals surface area contributed by atoms with Crippen molar-refractivity contribution in [1.29, 1.82) is 0 Å². The third-order valence-electron chi connectivity index (χ3n) is 16.1. The summed E-state index contributed by atoms with van der Waals surface area (Å²) in [5, 5.41) is 23.1. The van der Waals surface area contributed by atoms with Crippen molar-refractivity contribution in [2.45, 2.75) is 117 Å². The summed E-state index contributed by atoms with van der Waals surface area (Å²) in [6.07, 6.45) is -0.975. The highest BCUT2D eigenvalue weighted by molar-refractivity contribution is 5.96. The minimum atomic E-state index is -2.51. The van der Waals surface area contributed by atoms with Gasteiger partial charge in [0, 0.05) is 63.5 Å². The van der Waals surface area contributed by atoms with Gasteiger partial charge < -0.3 is 69.3 Å². The van der Waals surface area contributed by atoms with Crippen molar-refractivity contribution in [3.63, 3.8) is 0 Å². The number of amides is 6. The fourth-order valence-corrected chi connectivity index (χ4v) is 10.6. The number of rotatable bonds is 42. The second-order valence-electron chi connectivity index (χ2n) is 24.6. The van der Waals surface area contributed by atoms with Crippen LogP contribution in [0.2, 0.25) is 0 Å². The number of esters is 1. The number of ether oxygens (including phenoxy) is 7. The zero-order chi connectivity index (χ0) is 72.0. The second-order valence-corrected chi connectivity index (χ2v) is 24.6. The number of nitrogens with one attached hydrogen (secondary N) is 4. The van der Waals surface area contributed by atoms with Crippen LogP contribution in [0.4, 0.5) is 9.59 Å². The molecule has 0 saturated heterocycles. The zero-order valence-corrected chi connectivity index (χ0v) is 58.0. The Morgan fingerprint density at radius 2 is 0.657 bits per heavy atom. The van der Waals surface area contributed by atoms with E-state index >= 15 is 0 Å². The summed E-state index contributed by atoms with van der Waals surface area (Å²) in [5.74, 6) is -1.45. The topological polar surface area (TPSA) is 259 Å². The van der Waals surface area contributed by atoms with Crippen LogP contribution < -0.4 is 40.2 Å². The van der Waals surface area contributed by atoms with Gasteiger partial charge in [-0.25, -0.2) is 14.4 Å². The summed E-state index contributed by atoms with van der Waals surface area (Å²) in [6.45, 7) is 5.98. The molecule has 102 heavy (non-hydrogen) atoms. The molecule has 0 unspecified atom stereocenters. The van der Waals surface area contributed by atoms with Gasteiger partial charge in [-0.05, 0) is 122 Å². The summed E-state index contributed by atoms with van der Waals surface area (Å²) in [7, 11) is 0. The van der Waals surface area contributed by atoms with Gasteiger partial charge in [-0.3, -0.25) is 19.2 Å². The van der Waals surface area contributed by atoms with Gasteiger partial charge in [-0.1, -0.05) is 182 Å². The fourth-order valence-electron chi connectivity index (χ4n) is 10.6. The lowest BCUT2D eigenvalue weighted by Gasteiger charge is -2.26. The Balaban J connectivity index is 0.786. The van der Waals surface area contributed by atoms with Crippen LogP contribution in [0.15, 0.2) is 218 Å². The van der Waals surface area contributed by atoms with Crippen molar-refractivity contribution in [3.05, 3.63) is 263 Å². The Morgan fingerprint density at radius 3 is 0.980 bits per heavy atom. The van der Waals surface area contributed by atoms with Crippen molar-refractivity contribution < 1.29 is 71.8 Å². The molecule has 8 rings (SSSR count). The van der Waals surface area contributed by atoms with Crippen molar-refractivity contribution in [2.75, 3.05) is 52.4 Å². The molecule has 0 radical (unpaired) electrons. The van der Waals surface area contributed by atoms with E-state index in [1.807, 2.05) is 182 Å². The third-order valence-corrected chi connectivity index (χ3v) is 16.1. The summed E-state index contributed by atoms with van der Waals surface area (Å²) >= 11 is 0. The first-order chi connectivity index (χ1) is 49.7. The van der Waals surface area contributed by atoms with E-state index in [0.29, 0.717) is 85.9 Å². The summed E-state index contributed by atoms with van der Waals surface area (Å²) < 4.78 is 41.4. The number of benzene rings is 8. The van der Waals surface area contributed by atoms with Crippen LogP contribution >= 0.6 is 0 Å². The average molecular weight is 1390 g/mol. The number of hydrogen-bond acceptors (Lipinski definition) is 15. The highest BCUT2D eigenvalue weighted by Crippen LogP contribution is 2.32. The molecule has 0 fully saturated rings. The van der Waals surface area contributed by atoms with E-state index in [9.17, 15) is 38.7 Å². The molecule has 0 aliphatic heterocycles. The quantitative estimate of drug-likeness (QED) is 0.0135. The molecule has 0 aliphatic carbocycles. The van der Waals surface area contributed by atoms with Crippen molar-refractivity contribution in [1.82, 2.24) is 31.1 Å². The van der Waals surface area contributed by atoms with Crippen LogP contribution in [0.5, 0.6) is 23.0 Å². The van der Waals surface area contributed by atoms with Crippen LogP contribution in [0.25, 0.3) is 0 Å². The molecule has 0 aliphatic rings. The molecule has 0 heterocycles. The number of aliphatic hydroxyl groups is 1. The van der Waals surface area contributed by atoms with Crippen LogP contribution in [0.1, 0.15) is 119 Å². The van der Waals surface area contributed by atoms with E-state index < -0.39 is 54.5 Å². The van der Waals surface area contributed by atoms with Gasteiger partial charge in [0.25, 0.3) is 11.8 Å². The number of hydrogen-bond donors (Lipinski definition) is 5. The van der Waals surface area contributed by atoms with E-state index in [0.717, 1.165) is 33.4 Å². The molecule has 21 heteroatoms. The molecule has 21 nitrogen and oxygen atoms in total. The first-order valence-electron chi connectivity index (χ1n) is 34.6. The Hall–Kier alpha value is -11.2. The van der Waals surface area contributed by atoms with Gasteiger partial charge in [0.05, 0.1) is 18.9 Å². The van der Waals surface area contributed by atoms with Crippen molar-refractivity contribution in [2.24, 2.45) is 0 Å². The summed E-state index contributed by atoms with van der Waals surface area (Å²) in [6, 6.07) is 67.3. The fraction of sp³-hybridized carbons (Fsp3) is 0.321. The van der Waals surface area contributed by atoms with Gasteiger partial charge in [-0.15, -0.1) is 0 Å².